The SMILES string of the molecule is CCCCC/C=C\C/C=C\CCCCCCCCCC(=O)NC(COP(=O)(O)OCC(O)COC(=O)CCCCCCCCCCCCCCCCCC)C(=O)O. The average molecular weight is 830 g/mol. The lowest BCUT2D eigenvalue weighted by molar-refractivity contribution is -0.147. The van der Waals surface area contributed by atoms with Gasteiger partial charge in [-0.25, -0.2) is 9.36 Å². The highest BCUT2D eigenvalue weighted by atomic mass is 31.2. The molecule has 0 saturated heterocycles. The van der Waals surface area contributed by atoms with Crippen molar-refractivity contribution >= 4 is 25.7 Å². The van der Waals surface area contributed by atoms with Crippen LogP contribution in [0.4, 0.5) is 0 Å². The molecule has 0 spiro atoms. The number of carboxylic acid groups (broad SMARTS) is 1. The molecular formula is C45H84NO10P. The van der Waals surface area contributed by atoms with Gasteiger partial charge in [-0.1, -0.05) is 179 Å². The molecule has 57 heavy (non-hydrogen) atoms. The predicted molar refractivity (Wildman–Crippen MR) is 231 cm³/mol. The Kier molecular flexibility index (Phi) is 39.3. The molecular weight excluding hydrogens is 745 g/mol. The molecule has 0 aromatic carbocycles. The highest BCUT2D eigenvalue weighted by molar-refractivity contribution is 7.47. The van der Waals surface area contributed by atoms with Crippen LogP contribution in [0, 0.1) is 0 Å². The van der Waals surface area contributed by atoms with Crippen molar-refractivity contribution in [2.75, 3.05) is 19.8 Å². The second-order valence-corrected chi connectivity index (χ2v) is 17.0. The molecule has 3 atom stereocenters. The van der Waals surface area contributed by atoms with Crippen LogP contribution in [0.25, 0.3) is 0 Å². The van der Waals surface area contributed by atoms with Crippen molar-refractivity contribution < 1.29 is 47.8 Å². The van der Waals surface area contributed by atoms with Gasteiger partial charge in [0.05, 0.1) is 13.2 Å². The smallest absolute Gasteiger partial charge is 0.472 e. The number of ether oxygens (including phenoxy) is 1. The van der Waals surface area contributed by atoms with E-state index in [0.717, 1.165) is 57.8 Å². The molecule has 4 N–H and O–H groups in total. The zero-order valence-electron chi connectivity index (χ0n) is 36.2. The first-order valence-electron chi connectivity index (χ1n) is 22.9. The van der Waals surface area contributed by atoms with Crippen molar-refractivity contribution in [2.24, 2.45) is 0 Å². The summed E-state index contributed by atoms with van der Waals surface area (Å²) in [7, 11) is -4.76. The lowest BCUT2D eigenvalue weighted by atomic mass is 10.0. The van der Waals surface area contributed by atoms with E-state index >= 15 is 0 Å². The minimum Gasteiger partial charge on any atom is -0.480 e. The summed E-state index contributed by atoms with van der Waals surface area (Å²) in [4.78, 5) is 45.9. The molecule has 0 aliphatic rings. The van der Waals surface area contributed by atoms with Gasteiger partial charge in [-0.15, -0.1) is 0 Å². The van der Waals surface area contributed by atoms with Crippen molar-refractivity contribution in [1.82, 2.24) is 5.32 Å². The van der Waals surface area contributed by atoms with E-state index in [1.165, 1.54) is 116 Å². The van der Waals surface area contributed by atoms with Gasteiger partial charge in [0.1, 0.15) is 12.7 Å². The van der Waals surface area contributed by atoms with Crippen LogP contribution >= 0.6 is 7.82 Å². The van der Waals surface area contributed by atoms with Crippen molar-refractivity contribution in [3.8, 4) is 0 Å². The fraction of sp³-hybridized carbons (Fsp3) is 0.844. The fourth-order valence-corrected chi connectivity index (χ4v) is 7.18. The van der Waals surface area contributed by atoms with Crippen LogP contribution in [0.2, 0.25) is 0 Å². The van der Waals surface area contributed by atoms with E-state index in [1.807, 2.05) is 0 Å². The van der Waals surface area contributed by atoms with Crippen LogP contribution < -0.4 is 5.32 Å². The van der Waals surface area contributed by atoms with Gasteiger partial charge >= 0.3 is 19.8 Å². The third kappa shape index (κ3) is 40.5. The minimum absolute atomic E-state index is 0.138. The number of allylic oxidation sites excluding steroid dienone is 4. The second kappa shape index (κ2) is 40.7. The molecule has 12 heteroatoms. The number of nitrogens with one attached hydrogen (secondary N) is 1. The Bertz CT molecular complexity index is 1070. The Labute approximate surface area is 347 Å². The number of hydrogen-bond donors (Lipinski definition) is 4. The molecule has 3 unspecified atom stereocenters. The minimum atomic E-state index is -4.76. The number of aliphatic hydroxyl groups excluding tert-OH is 1. The molecule has 0 saturated carbocycles. The van der Waals surface area contributed by atoms with E-state index in [2.05, 4.69) is 43.5 Å². The quantitative estimate of drug-likeness (QED) is 0.0201. The molecule has 0 aromatic rings. The van der Waals surface area contributed by atoms with Crippen molar-refractivity contribution in [3.63, 3.8) is 0 Å². The Hall–Kier alpha value is -2.04. The Morgan fingerprint density at radius 2 is 0.965 bits per heavy atom. The first-order valence-corrected chi connectivity index (χ1v) is 24.4. The van der Waals surface area contributed by atoms with Crippen LogP contribution in [-0.4, -0.2) is 64.9 Å². The molecule has 11 nitrogen and oxygen atoms in total. The third-order valence-electron chi connectivity index (χ3n) is 9.99. The molecule has 0 fully saturated rings. The number of aliphatic hydroxyl groups is 1. The second-order valence-electron chi connectivity index (χ2n) is 15.6. The zero-order chi connectivity index (χ0) is 42.1. The summed E-state index contributed by atoms with van der Waals surface area (Å²) in [6, 6.07) is -1.55. The number of carboxylic acids is 1. The Balaban J connectivity index is 3.88. The number of aliphatic carboxylic acids is 1. The summed E-state index contributed by atoms with van der Waals surface area (Å²) < 4.78 is 26.9. The number of unbranched alkanes of at least 4 members (excludes halogenated alkanes) is 25. The molecule has 0 aliphatic carbocycles. The molecule has 1 amide bonds. The summed E-state index contributed by atoms with van der Waals surface area (Å²) in [6.45, 7) is 2.58. The lowest BCUT2D eigenvalue weighted by Crippen LogP contribution is -2.43. The third-order valence-corrected chi connectivity index (χ3v) is 10.9. The largest absolute Gasteiger partial charge is 0.480 e. The van der Waals surface area contributed by atoms with Gasteiger partial charge in [-0.2, -0.15) is 0 Å². The van der Waals surface area contributed by atoms with Crippen molar-refractivity contribution in [3.05, 3.63) is 24.3 Å². The van der Waals surface area contributed by atoms with Gasteiger partial charge < -0.3 is 25.2 Å². The van der Waals surface area contributed by atoms with Crippen LogP contribution in [0.3, 0.4) is 0 Å². The summed E-state index contributed by atoms with van der Waals surface area (Å²) in [5.74, 6) is -2.37. The highest BCUT2D eigenvalue weighted by Crippen LogP contribution is 2.43. The van der Waals surface area contributed by atoms with Gasteiger partial charge in [0.2, 0.25) is 5.91 Å². The van der Waals surface area contributed by atoms with Gasteiger partial charge in [0, 0.05) is 12.8 Å². The van der Waals surface area contributed by atoms with E-state index in [4.69, 9.17) is 13.8 Å². The molecule has 0 aromatic heterocycles. The molecule has 0 heterocycles. The van der Waals surface area contributed by atoms with Crippen molar-refractivity contribution in [1.29, 1.82) is 0 Å². The maximum absolute atomic E-state index is 12.3. The van der Waals surface area contributed by atoms with Crippen molar-refractivity contribution in [2.45, 2.75) is 225 Å². The Morgan fingerprint density at radius 3 is 1.46 bits per heavy atom. The number of esters is 1. The van der Waals surface area contributed by atoms with E-state index < -0.39 is 57.6 Å². The molecule has 334 valence electrons. The van der Waals surface area contributed by atoms with E-state index in [-0.39, 0.29) is 12.8 Å². The van der Waals surface area contributed by atoms with Gasteiger partial charge in [-0.3, -0.25) is 18.6 Å². The fourth-order valence-electron chi connectivity index (χ4n) is 6.40. The number of carbonyl (C=O) groups excluding carboxylic acids is 2. The van der Waals surface area contributed by atoms with Gasteiger partial charge in [-0.05, 0) is 44.9 Å². The predicted octanol–water partition coefficient (Wildman–Crippen LogP) is 11.8. The Morgan fingerprint density at radius 1 is 0.561 bits per heavy atom. The zero-order valence-corrected chi connectivity index (χ0v) is 37.0. The molecule has 0 rings (SSSR count). The summed E-state index contributed by atoms with van der Waals surface area (Å²) >= 11 is 0. The summed E-state index contributed by atoms with van der Waals surface area (Å²) in [6.07, 6.45) is 41.9. The highest BCUT2D eigenvalue weighted by Gasteiger charge is 2.28. The average Bonchev–Trinajstić information content (AvgIpc) is 3.18. The monoisotopic (exact) mass is 830 g/mol. The maximum atomic E-state index is 12.3. The number of rotatable bonds is 43. The van der Waals surface area contributed by atoms with E-state index in [1.54, 1.807) is 0 Å². The normalized spacial score (nSPS) is 13.9. The molecule has 0 radical (unpaired) electrons. The first-order chi connectivity index (χ1) is 27.6. The van der Waals surface area contributed by atoms with Crippen LogP contribution in [0.1, 0.15) is 213 Å². The first kappa shape index (κ1) is 55.0. The lowest BCUT2D eigenvalue weighted by Gasteiger charge is -2.18. The summed E-state index contributed by atoms with van der Waals surface area (Å²) in [5, 5.41) is 21.8. The van der Waals surface area contributed by atoms with Crippen LogP contribution in [-0.2, 0) is 32.7 Å². The van der Waals surface area contributed by atoms with Crippen LogP contribution in [0.5, 0.6) is 0 Å². The number of carbonyl (C=O) groups is 3. The number of phosphoric ester groups is 1. The standard InChI is InChI=1S/C45H84NO10P/c1-3-5-7-9-11-13-15-17-19-21-22-24-26-28-30-32-34-36-43(48)46-42(45(50)51)40-56-57(52,53)55-39-41(47)38-54-44(49)37-35-33-31-29-27-25-23-20-18-16-14-12-10-8-6-4-2/h11,13,17,19,41-42,47H,3-10,12,14-16,18,20-40H2,1-2H3,(H,46,48)(H,50,51)(H,52,53)/b13-11-,19-17-. The number of phosphoric acid groups is 1. The number of amides is 1. The van der Waals surface area contributed by atoms with Gasteiger partial charge in [0.25, 0.3) is 0 Å². The van der Waals surface area contributed by atoms with E-state index in [0.29, 0.717) is 12.8 Å². The molecule has 0 bridgehead atoms. The van der Waals surface area contributed by atoms with Crippen LogP contribution in [0.15, 0.2) is 24.3 Å². The maximum Gasteiger partial charge on any atom is 0.472 e. The van der Waals surface area contributed by atoms with E-state index in [9.17, 15) is 34.1 Å². The summed E-state index contributed by atoms with van der Waals surface area (Å²) in [5.41, 5.74) is 0. The van der Waals surface area contributed by atoms with Gasteiger partial charge in [0.15, 0.2) is 6.04 Å². The topological polar surface area (TPSA) is 169 Å². The molecule has 0 aliphatic heterocycles. The number of hydrogen-bond acceptors (Lipinski definition) is 8.